The summed E-state index contributed by atoms with van der Waals surface area (Å²) in [7, 11) is 0. The Balaban J connectivity index is 2.13. The van der Waals surface area contributed by atoms with Gasteiger partial charge in [0.15, 0.2) is 0 Å². The number of hydroxylamine groups is 1. The van der Waals surface area contributed by atoms with Gasteiger partial charge in [-0.3, -0.25) is 9.63 Å². The van der Waals surface area contributed by atoms with Crippen molar-refractivity contribution in [3.05, 3.63) is 0 Å². The zero-order chi connectivity index (χ0) is 9.14. The van der Waals surface area contributed by atoms with Gasteiger partial charge in [-0.25, -0.2) is 5.48 Å². The molecule has 0 aromatic heterocycles. The van der Waals surface area contributed by atoms with Crippen LogP contribution in [0.4, 0.5) is 0 Å². The first-order valence-corrected chi connectivity index (χ1v) is 4.55. The lowest BCUT2D eigenvalue weighted by atomic mass is 9.76. The minimum Gasteiger partial charge on any atom is -0.272 e. The molecule has 3 heteroatoms. The van der Waals surface area contributed by atoms with E-state index < -0.39 is 0 Å². The van der Waals surface area contributed by atoms with Gasteiger partial charge in [0.1, 0.15) is 0 Å². The van der Waals surface area contributed by atoms with E-state index in [-0.39, 0.29) is 17.9 Å². The minimum absolute atomic E-state index is 0.0433. The normalized spacial score (nSPS) is 28.3. The van der Waals surface area contributed by atoms with Crippen molar-refractivity contribution in [2.75, 3.05) is 0 Å². The van der Waals surface area contributed by atoms with Gasteiger partial charge in [0.2, 0.25) is 5.91 Å². The number of hydrogen-bond acceptors (Lipinski definition) is 2. The number of carbonyl (C=O) groups excluding carboxylic acids is 1. The molecular weight excluding hydrogens is 154 g/mol. The van der Waals surface area contributed by atoms with Crippen molar-refractivity contribution in [1.29, 1.82) is 0 Å². The summed E-state index contributed by atoms with van der Waals surface area (Å²) in [4.78, 5) is 16.2. The molecule has 0 radical (unpaired) electrons. The van der Waals surface area contributed by atoms with Gasteiger partial charge >= 0.3 is 0 Å². The second kappa shape index (κ2) is 3.90. The summed E-state index contributed by atoms with van der Waals surface area (Å²) in [5.41, 5.74) is 2.47. The van der Waals surface area contributed by atoms with Crippen molar-refractivity contribution in [3.8, 4) is 0 Å². The van der Waals surface area contributed by atoms with Crippen molar-refractivity contribution >= 4 is 5.91 Å². The zero-order valence-electron chi connectivity index (χ0n) is 7.96. The van der Waals surface area contributed by atoms with Gasteiger partial charge < -0.3 is 0 Å². The molecule has 0 atom stereocenters. The van der Waals surface area contributed by atoms with E-state index in [4.69, 9.17) is 4.84 Å². The van der Waals surface area contributed by atoms with Crippen molar-refractivity contribution in [3.63, 3.8) is 0 Å². The Kier molecular flexibility index (Phi) is 3.09. The van der Waals surface area contributed by atoms with Gasteiger partial charge in [-0.15, -0.1) is 0 Å². The van der Waals surface area contributed by atoms with Crippen LogP contribution in [-0.4, -0.2) is 12.0 Å². The molecule has 1 fully saturated rings. The molecule has 1 saturated carbocycles. The predicted molar refractivity (Wildman–Crippen MR) is 46.3 cm³/mol. The summed E-state index contributed by atoms with van der Waals surface area (Å²) in [6.07, 6.45) is 2.08. The largest absolute Gasteiger partial charge is 0.272 e. The summed E-state index contributed by atoms with van der Waals surface area (Å²) in [5, 5.41) is 0. The molecule has 0 saturated heterocycles. The first-order valence-electron chi connectivity index (χ1n) is 4.55. The molecule has 0 aromatic carbocycles. The summed E-state index contributed by atoms with van der Waals surface area (Å²) in [6.45, 7) is 5.94. The van der Waals surface area contributed by atoms with E-state index in [1.165, 1.54) is 0 Å². The minimum atomic E-state index is 0.0433. The Bertz CT molecular complexity index is 162. The zero-order valence-corrected chi connectivity index (χ0v) is 7.96. The molecule has 0 heterocycles. The Labute approximate surface area is 73.4 Å². The molecule has 1 N–H and O–H groups in total. The van der Waals surface area contributed by atoms with Crippen LogP contribution in [0.5, 0.6) is 0 Å². The van der Waals surface area contributed by atoms with Crippen LogP contribution in [0.3, 0.4) is 0 Å². The van der Waals surface area contributed by atoms with E-state index in [2.05, 4.69) is 12.4 Å². The molecule has 70 valence electrons. The highest BCUT2D eigenvalue weighted by Crippen LogP contribution is 2.32. The Morgan fingerprint density at radius 1 is 1.50 bits per heavy atom. The lowest BCUT2D eigenvalue weighted by molar-refractivity contribution is -0.145. The number of hydrogen-bond donors (Lipinski definition) is 1. The van der Waals surface area contributed by atoms with Crippen LogP contribution in [-0.2, 0) is 9.63 Å². The quantitative estimate of drug-likeness (QED) is 0.653. The highest BCUT2D eigenvalue weighted by Gasteiger charge is 2.31. The van der Waals surface area contributed by atoms with Crippen LogP contribution in [0.15, 0.2) is 0 Å². The summed E-state index contributed by atoms with van der Waals surface area (Å²) in [5.74, 6) is 0.945. The number of carbonyl (C=O) groups is 1. The van der Waals surface area contributed by atoms with Crippen molar-refractivity contribution in [1.82, 2.24) is 5.48 Å². The SMILES string of the molecule is CC1CC(C(=O)NOC(C)C)C1. The summed E-state index contributed by atoms with van der Waals surface area (Å²) < 4.78 is 0. The molecule has 0 spiro atoms. The molecule has 0 aromatic rings. The topological polar surface area (TPSA) is 38.3 Å². The smallest absolute Gasteiger partial charge is 0.246 e. The van der Waals surface area contributed by atoms with E-state index in [1.54, 1.807) is 0 Å². The highest BCUT2D eigenvalue weighted by molar-refractivity contribution is 5.78. The number of nitrogens with one attached hydrogen (secondary N) is 1. The number of rotatable bonds is 3. The van der Waals surface area contributed by atoms with Crippen LogP contribution in [0.1, 0.15) is 33.6 Å². The molecule has 1 aliphatic carbocycles. The number of amides is 1. The molecule has 0 aliphatic heterocycles. The van der Waals surface area contributed by atoms with E-state index in [1.807, 2.05) is 13.8 Å². The Morgan fingerprint density at radius 2 is 2.08 bits per heavy atom. The highest BCUT2D eigenvalue weighted by atomic mass is 16.7. The van der Waals surface area contributed by atoms with Crippen molar-refractivity contribution < 1.29 is 9.63 Å². The van der Waals surface area contributed by atoms with Gasteiger partial charge in [0, 0.05) is 5.92 Å². The molecule has 1 amide bonds. The third kappa shape index (κ3) is 2.48. The third-order valence-corrected chi connectivity index (χ3v) is 2.14. The Hall–Kier alpha value is -0.570. The lowest BCUT2D eigenvalue weighted by Gasteiger charge is -2.31. The maximum atomic E-state index is 11.2. The molecule has 0 bridgehead atoms. The fraction of sp³-hybridized carbons (Fsp3) is 0.889. The monoisotopic (exact) mass is 171 g/mol. The van der Waals surface area contributed by atoms with E-state index in [9.17, 15) is 4.79 Å². The second-order valence-corrected chi connectivity index (χ2v) is 3.91. The maximum Gasteiger partial charge on any atom is 0.246 e. The van der Waals surface area contributed by atoms with Crippen LogP contribution in [0.2, 0.25) is 0 Å². The summed E-state index contributed by atoms with van der Waals surface area (Å²) >= 11 is 0. The van der Waals surface area contributed by atoms with E-state index >= 15 is 0 Å². The van der Waals surface area contributed by atoms with Crippen molar-refractivity contribution in [2.24, 2.45) is 11.8 Å². The molecule has 1 rings (SSSR count). The van der Waals surface area contributed by atoms with E-state index in [0.717, 1.165) is 12.8 Å². The van der Waals surface area contributed by atoms with Gasteiger partial charge in [-0.2, -0.15) is 0 Å². The van der Waals surface area contributed by atoms with Gasteiger partial charge in [0.25, 0.3) is 0 Å². The third-order valence-electron chi connectivity index (χ3n) is 2.14. The predicted octanol–water partition coefficient (Wildman–Crippen LogP) is 1.49. The summed E-state index contributed by atoms with van der Waals surface area (Å²) in [6, 6.07) is 0. The second-order valence-electron chi connectivity index (χ2n) is 3.91. The van der Waals surface area contributed by atoms with Crippen LogP contribution in [0.25, 0.3) is 0 Å². The van der Waals surface area contributed by atoms with Crippen LogP contribution < -0.4 is 5.48 Å². The van der Waals surface area contributed by atoms with Crippen LogP contribution in [0, 0.1) is 11.8 Å². The molecule has 12 heavy (non-hydrogen) atoms. The maximum absolute atomic E-state index is 11.2. The van der Waals surface area contributed by atoms with Gasteiger partial charge in [-0.05, 0) is 32.6 Å². The van der Waals surface area contributed by atoms with Crippen LogP contribution >= 0.6 is 0 Å². The molecule has 0 unspecified atom stereocenters. The molecule has 1 aliphatic rings. The standard InChI is InChI=1S/C9H17NO2/c1-6(2)12-10-9(11)8-4-7(3)5-8/h6-8H,4-5H2,1-3H3,(H,10,11). The lowest BCUT2D eigenvalue weighted by Crippen LogP contribution is -2.38. The van der Waals surface area contributed by atoms with Crippen molar-refractivity contribution in [2.45, 2.75) is 39.7 Å². The first kappa shape index (κ1) is 9.52. The fourth-order valence-corrected chi connectivity index (χ4v) is 1.38. The van der Waals surface area contributed by atoms with E-state index in [0.29, 0.717) is 5.92 Å². The first-order chi connectivity index (χ1) is 5.59. The average molecular weight is 171 g/mol. The average Bonchev–Trinajstić information content (AvgIpc) is 1.94. The van der Waals surface area contributed by atoms with Gasteiger partial charge in [-0.1, -0.05) is 6.92 Å². The Morgan fingerprint density at radius 3 is 2.50 bits per heavy atom. The van der Waals surface area contributed by atoms with Gasteiger partial charge in [0.05, 0.1) is 6.10 Å². The molecular formula is C9H17NO2. The molecule has 3 nitrogen and oxygen atoms in total. The fourth-order valence-electron chi connectivity index (χ4n) is 1.38.